The van der Waals surface area contributed by atoms with Crippen LogP contribution in [0.1, 0.15) is 93.7 Å². The molecule has 222 valence electrons. The summed E-state index contributed by atoms with van der Waals surface area (Å²) in [5.41, 5.74) is 0.965. The third-order valence-electron chi connectivity index (χ3n) is 7.12. The molecule has 0 saturated heterocycles. The Morgan fingerprint density at radius 2 is 1.68 bits per heavy atom. The van der Waals surface area contributed by atoms with Gasteiger partial charge >= 0.3 is 5.69 Å². The maximum absolute atomic E-state index is 13.4. The van der Waals surface area contributed by atoms with Crippen molar-refractivity contribution < 1.29 is 9.18 Å². The second-order valence-electron chi connectivity index (χ2n) is 10.6. The highest BCUT2D eigenvalue weighted by Crippen LogP contribution is 2.28. The van der Waals surface area contributed by atoms with E-state index in [1.807, 2.05) is 10.8 Å². The van der Waals surface area contributed by atoms with Crippen LogP contribution in [-0.4, -0.2) is 44.4 Å². The van der Waals surface area contributed by atoms with Gasteiger partial charge in [0.15, 0.2) is 5.16 Å². The number of hydrogen-bond acceptors (Lipinski definition) is 6. The van der Waals surface area contributed by atoms with Crippen molar-refractivity contribution >= 4 is 17.7 Å². The standard InChI is InChI=1S/C31H42FN5O3S/c1-4-5-6-7-8-9-10-11-12-17-37-21-27(26(18-28(38)36(2)3)24-19-33-30(40)34-20-24)29(39)35-31(37)41-22-23-13-15-25(32)16-14-23/h13-16,19-21,26H,4-12,17-18,22H2,1-3H3,(H,33,34,40). The van der Waals surface area contributed by atoms with Gasteiger partial charge in [0.25, 0.3) is 5.56 Å². The molecule has 0 aliphatic carbocycles. The number of aryl methyl sites for hydroxylation is 1. The fourth-order valence-electron chi connectivity index (χ4n) is 4.64. The molecule has 0 aliphatic rings. The number of carbonyl (C=O) groups excluding carboxylic acids is 1. The maximum Gasteiger partial charge on any atom is 0.344 e. The zero-order valence-corrected chi connectivity index (χ0v) is 25.2. The van der Waals surface area contributed by atoms with Crippen molar-refractivity contribution in [2.45, 2.75) is 94.5 Å². The van der Waals surface area contributed by atoms with Crippen LogP contribution in [0, 0.1) is 5.82 Å². The average molecular weight is 584 g/mol. The quantitative estimate of drug-likeness (QED) is 0.121. The van der Waals surface area contributed by atoms with Gasteiger partial charge < -0.3 is 14.5 Å². The molecule has 8 nitrogen and oxygen atoms in total. The highest BCUT2D eigenvalue weighted by molar-refractivity contribution is 7.98. The smallest absolute Gasteiger partial charge is 0.344 e. The molecule has 41 heavy (non-hydrogen) atoms. The molecule has 0 spiro atoms. The predicted molar refractivity (Wildman–Crippen MR) is 162 cm³/mol. The van der Waals surface area contributed by atoms with Crippen LogP contribution in [-0.2, 0) is 17.1 Å². The van der Waals surface area contributed by atoms with Crippen LogP contribution < -0.4 is 11.2 Å². The fraction of sp³-hybridized carbons (Fsp3) is 0.516. The van der Waals surface area contributed by atoms with Gasteiger partial charge in [-0.25, -0.2) is 14.2 Å². The zero-order chi connectivity index (χ0) is 29.6. The number of unbranched alkanes of at least 4 members (excludes halogenated alkanes) is 8. The molecule has 0 aliphatic heterocycles. The average Bonchev–Trinajstić information content (AvgIpc) is 2.96. The molecule has 1 unspecified atom stereocenters. The zero-order valence-electron chi connectivity index (χ0n) is 24.4. The number of H-pyrrole nitrogens is 1. The van der Waals surface area contributed by atoms with Crippen LogP contribution in [0.2, 0.25) is 0 Å². The first-order chi connectivity index (χ1) is 19.8. The summed E-state index contributed by atoms with van der Waals surface area (Å²) in [5, 5.41) is 0.583. The molecule has 1 N–H and O–H groups in total. The van der Waals surface area contributed by atoms with Crippen LogP contribution in [0.4, 0.5) is 4.39 Å². The molecule has 1 amide bonds. The lowest BCUT2D eigenvalue weighted by Crippen LogP contribution is -2.28. The molecular weight excluding hydrogens is 541 g/mol. The number of halogens is 1. The number of thioether (sulfide) groups is 1. The molecule has 1 atom stereocenters. The number of rotatable bonds is 17. The second kappa shape index (κ2) is 16.9. The number of hydrogen-bond donors (Lipinski definition) is 1. The van der Waals surface area contributed by atoms with Gasteiger partial charge in [0.05, 0.1) is 0 Å². The Labute approximate surface area is 245 Å². The Morgan fingerprint density at radius 1 is 1.02 bits per heavy atom. The summed E-state index contributed by atoms with van der Waals surface area (Å²) in [7, 11) is 3.33. The molecule has 0 fully saturated rings. The Kier molecular flexibility index (Phi) is 13.3. The number of aromatic amines is 1. The van der Waals surface area contributed by atoms with Crippen molar-refractivity contribution in [3.05, 3.63) is 86.2 Å². The van der Waals surface area contributed by atoms with Crippen molar-refractivity contribution in [1.82, 2.24) is 24.4 Å². The monoisotopic (exact) mass is 583 g/mol. The van der Waals surface area contributed by atoms with E-state index in [1.54, 1.807) is 26.2 Å². The number of nitrogens with one attached hydrogen (secondary N) is 1. The van der Waals surface area contributed by atoms with E-state index >= 15 is 0 Å². The lowest BCUT2D eigenvalue weighted by atomic mass is 9.91. The molecule has 3 aromatic rings. The van der Waals surface area contributed by atoms with Crippen molar-refractivity contribution in [1.29, 1.82) is 0 Å². The Hall–Kier alpha value is -3.27. The van der Waals surface area contributed by atoms with Crippen LogP contribution >= 0.6 is 11.8 Å². The topological polar surface area (TPSA) is 101 Å². The van der Waals surface area contributed by atoms with Gasteiger partial charge in [-0.2, -0.15) is 4.98 Å². The van der Waals surface area contributed by atoms with Crippen LogP contribution in [0.25, 0.3) is 0 Å². The molecule has 0 bridgehead atoms. The molecule has 0 radical (unpaired) electrons. The molecule has 0 saturated carbocycles. The normalized spacial score (nSPS) is 11.9. The number of benzene rings is 1. The molecule has 2 aromatic heterocycles. The van der Waals surface area contributed by atoms with E-state index in [0.29, 0.717) is 28.6 Å². The van der Waals surface area contributed by atoms with E-state index in [9.17, 15) is 18.8 Å². The third-order valence-corrected chi connectivity index (χ3v) is 8.18. The predicted octanol–water partition coefficient (Wildman–Crippen LogP) is 5.90. The highest BCUT2D eigenvalue weighted by Gasteiger charge is 2.24. The van der Waals surface area contributed by atoms with Gasteiger partial charge in [0, 0.05) is 62.9 Å². The minimum atomic E-state index is -0.611. The van der Waals surface area contributed by atoms with Crippen LogP contribution in [0.15, 0.2) is 57.6 Å². The van der Waals surface area contributed by atoms with E-state index in [1.165, 1.54) is 79.7 Å². The third kappa shape index (κ3) is 10.6. The van der Waals surface area contributed by atoms with Gasteiger partial charge in [-0.1, -0.05) is 82.2 Å². The van der Waals surface area contributed by atoms with E-state index in [4.69, 9.17) is 0 Å². The first kappa shape index (κ1) is 32.2. The molecule has 1 aromatic carbocycles. The summed E-state index contributed by atoms with van der Waals surface area (Å²) in [6.45, 7) is 2.91. The van der Waals surface area contributed by atoms with E-state index in [0.717, 1.165) is 24.8 Å². The summed E-state index contributed by atoms with van der Waals surface area (Å²) in [5.74, 6) is -0.518. The molecule has 3 rings (SSSR count). The first-order valence-electron chi connectivity index (χ1n) is 14.5. The van der Waals surface area contributed by atoms with Gasteiger partial charge in [-0.05, 0) is 29.7 Å². The summed E-state index contributed by atoms with van der Waals surface area (Å²) < 4.78 is 15.4. The molecule has 2 heterocycles. The van der Waals surface area contributed by atoms with Crippen LogP contribution in [0.3, 0.4) is 0 Å². The summed E-state index contributed by atoms with van der Waals surface area (Å²) in [6, 6.07) is 6.30. The van der Waals surface area contributed by atoms with Crippen LogP contribution in [0.5, 0.6) is 0 Å². The number of nitrogens with zero attached hydrogens (tertiary/aromatic N) is 4. The van der Waals surface area contributed by atoms with E-state index in [2.05, 4.69) is 21.9 Å². The Bertz CT molecular complexity index is 1340. The number of aromatic nitrogens is 4. The fourth-order valence-corrected chi connectivity index (χ4v) is 5.58. The summed E-state index contributed by atoms with van der Waals surface area (Å²) in [6.07, 6.45) is 15.6. The first-order valence-corrected chi connectivity index (χ1v) is 15.5. The van der Waals surface area contributed by atoms with E-state index in [-0.39, 0.29) is 18.1 Å². The minimum Gasteiger partial charge on any atom is -0.349 e. The van der Waals surface area contributed by atoms with Crippen molar-refractivity contribution in [3.63, 3.8) is 0 Å². The second-order valence-corrected chi connectivity index (χ2v) is 11.6. The van der Waals surface area contributed by atoms with Gasteiger partial charge in [0.2, 0.25) is 5.91 Å². The summed E-state index contributed by atoms with van der Waals surface area (Å²) >= 11 is 1.43. The maximum atomic E-state index is 13.4. The summed E-state index contributed by atoms with van der Waals surface area (Å²) in [4.78, 5) is 50.1. The molecule has 10 heteroatoms. The van der Waals surface area contributed by atoms with Crippen molar-refractivity contribution in [3.8, 4) is 0 Å². The van der Waals surface area contributed by atoms with Crippen molar-refractivity contribution in [2.75, 3.05) is 14.1 Å². The van der Waals surface area contributed by atoms with Crippen molar-refractivity contribution in [2.24, 2.45) is 0 Å². The largest absolute Gasteiger partial charge is 0.349 e. The van der Waals surface area contributed by atoms with Gasteiger partial charge in [0.1, 0.15) is 5.82 Å². The lowest BCUT2D eigenvalue weighted by molar-refractivity contribution is -0.128. The highest BCUT2D eigenvalue weighted by atomic mass is 32.2. The SMILES string of the molecule is CCCCCCCCCCCn1cc(C(CC(=O)N(C)C)c2cnc(=O)[nH]c2)c(=O)nc1SCc1ccc(F)cc1. The van der Waals surface area contributed by atoms with Gasteiger partial charge in [-0.3, -0.25) is 9.59 Å². The Balaban J connectivity index is 1.84. The molecular formula is C31H42FN5O3S. The Morgan fingerprint density at radius 3 is 2.29 bits per heavy atom. The van der Waals surface area contributed by atoms with E-state index < -0.39 is 17.2 Å². The number of amides is 1. The van der Waals surface area contributed by atoms with Gasteiger partial charge in [-0.15, -0.1) is 0 Å². The number of carbonyl (C=O) groups is 1. The lowest BCUT2D eigenvalue weighted by Gasteiger charge is -2.21. The minimum absolute atomic E-state index is 0.0394.